The number of imidazole rings is 1. The van der Waals surface area contributed by atoms with Gasteiger partial charge in [0, 0.05) is 24.6 Å². The Balaban J connectivity index is 1.65. The van der Waals surface area contributed by atoms with Crippen molar-refractivity contribution >= 4 is 11.6 Å². The minimum absolute atomic E-state index is 0.422. The number of aromatic nitrogens is 2. The van der Waals surface area contributed by atoms with E-state index in [1.54, 1.807) is 0 Å². The van der Waals surface area contributed by atoms with E-state index in [9.17, 15) is 0 Å². The van der Waals surface area contributed by atoms with Gasteiger partial charge in [0.1, 0.15) is 5.82 Å². The van der Waals surface area contributed by atoms with Gasteiger partial charge in [-0.1, -0.05) is 30.3 Å². The molecule has 3 aromatic rings. The molecule has 0 unspecified atom stereocenters. The van der Waals surface area contributed by atoms with Crippen molar-refractivity contribution in [1.29, 1.82) is 0 Å². The van der Waals surface area contributed by atoms with Crippen molar-refractivity contribution in [1.82, 2.24) is 9.55 Å². The van der Waals surface area contributed by atoms with E-state index in [4.69, 9.17) is 5.73 Å². The van der Waals surface area contributed by atoms with Crippen LogP contribution in [-0.2, 0) is 13.1 Å². The molecule has 1 heterocycles. The van der Waals surface area contributed by atoms with Crippen LogP contribution in [0.25, 0.3) is 0 Å². The van der Waals surface area contributed by atoms with E-state index < -0.39 is 0 Å². The smallest absolute Gasteiger partial charge is 0.193 e. The third-order valence-corrected chi connectivity index (χ3v) is 4.19. The number of hydrogen-bond donors (Lipinski definition) is 2. The molecule has 5 nitrogen and oxygen atoms in total. The maximum atomic E-state index is 6.05. The molecule has 0 amide bonds. The lowest BCUT2D eigenvalue weighted by Crippen LogP contribution is -2.22. The van der Waals surface area contributed by atoms with Crippen molar-refractivity contribution in [2.24, 2.45) is 10.7 Å². The molecule has 134 valence electrons. The maximum absolute atomic E-state index is 6.05. The van der Waals surface area contributed by atoms with E-state index in [2.05, 4.69) is 76.2 Å². The Morgan fingerprint density at radius 1 is 1.08 bits per heavy atom. The fraction of sp³-hybridized carbons (Fsp3) is 0.238. The van der Waals surface area contributed by atoms with Crippen LogP contribution in [-0.4, -0.2) is 15.5 Å². The van der Waals surface area contributed by atoms with Gasteiger partial charge in [-0.3, -0.25) is 0 Å². The van der Waals surface area contributed by atoms with Gasteiger partial charge in [-0.25, -0.2) is 9.98 Å². The lowest BCUT2D eigenvalue weighted by atomic mass is 10.1. The molecule has 0 atom stereocenters. The SMILES string of the molecule is Cc1cc(C)cc(NC(N)=NCc2cccc(Cn3ccnc3C)c2)c1. The molecular weight excluding hydrogens is 322 g/mol. The number of benzene rings is 2. The van der Waals surface area contributed by atoms with Gasteiger partial charge in [0.25, 0.3) is 0 Å². The highest BCUT2D eigenvalue weighted by molar-refractivity contribution is 5.92. The number of guanidine groups is 1. The van der Waals surface area contributed by atoms with Crippen LogP contribution in [0, 0.1) is 20.8 Å². The molecule has 0 aliphatic carbocycles. The molecule has 1 aromatic heterocycles. The molecule has 5 heteroatoms. The van der Waals surface area contributed by atoms with Gasteiger partial charge < -0.3 is 15.6 Å². The van der Waals surface area contributed by atoms with Crippen molar-refractivity contribution in [3.63, 3.8) is 0 Å². The molecule has 3 N–H and O–H groups in total. The van der Waals surface area contributed by atoms with Crippen LogP contribution in [0.3, 0.4) is 0 Å². The average Bonchev–Trinajstić information content (AvgIpc) is 2.97. The Hall–Kier alpha value is -3.08. The standard InChI is InChI=1S/C21H25N5/c1-15-9-16(2)11-20(10-15)25-21(22)24-13-18-5-4-6-19(12-18)14-26-8-7-23-17(26)3/h4-12H,13-14H2,1-3H3,(H3,22,24,25). The van der Waals surface area contributed by atoms with Crippen LogP contribution in [0.15, 0.2) is 59.9 Å². The largest absolute Gasteiger partial charge is 0.370 e. The first kappa shape index (κ1) is 17.7. The van der Waals surface area contributed by atoms with Gasteiger partial charge in [0.15, 0.2) is 5.96 Å². The van der Waals surface area contributed by atoms with Gasteiger partial charge >= 0.3 is 0 Å². The summed E-state index contributed by atoms with van der Waals surface area (Å²) >= 11 is 0. The molecule has 26 heavy (non-hydrogen) atoms. The van der Waals surface area contributed by atoms with Gasteiger partial charge in [-0.2, -0.15) is 0 Å². The third-order valence-electron chi connectivity index (χ3n) is 4.19. The van der Waals surface area contributed by atoms with E-state index >= 15 is 0 Å². The summed E-state index contributed by atoms with van der Waals surface area (Å²) in [6, 6.07) is 14.6. The second-order valence-corrected chi connectivity index (χ2v) is 6.63. The highest BCUT2D eigenvalue weighted by atomic mass is 15.1. The monoisotopic (exact) mass is 347 g/mol. The molecule has 0 radical (unpaired) electrons. The first-order valence-corrected chi connectivity index (χ1v) is 8.70. The first-order valence-electron chi connectivity index (χ1n) is 8.70. The summed E-state index contributed by atoms with van der Waals surface area (Å²) in [5.41, 5.74) is 11.8. The Kier molecular flexibility index (Phi) is 5.37. The van der Waals surface area contributed by atoms with Crippen molar-refractivity contribution in [2.75, 3.05) is 5.32 Å². The summed E-state index contributed by atoms with van der Waals surface area (Å²) in [6.45, 7) is 7.49. The van der Waals surface area contributed by atoms with Crippen LogP contribution in [0.4, 0.5) is 5.69 Å². The molecule has 0 aliphatic heterocycles. The van der Waals surface area contributed by atoms with Crippen molar-refractivity contribution in [3.05, 3.63) is 82.9 Å². The Bertz CT molecular complexity index is 903. The minimum atomic E-state index is 0.422. The number of nitrogens with zero attached hydrogens (tertiary/aromatic N) is 3. The van der Waals surface area contributed by atoms with Gasteiger partial charge in [-0.05, 0) is 55.2 Å². The zero-order valence-electron chi connectivity index (χ0n) is 15.5. The van der Waals surface area contributed by atoms with E-state index in [1.807, 2.05) is 19.3 Å². The number of nitrogens with two attached hydrogens (primary N) is 1. The highest BCUT2D eigenvalue weighted by Gasteiger charge is 2.01. The van der Waals surface area contributed by atoms with Gasteiger partial charge in [0.05, 0.1) is 6.54 Å². The van der Waals surface area contributed by atoms with Gasteiger partial charge in [0.2, 0.25) is 0 Å². The predicted octanol–water partition coefficient (Wildman–Crippen LogP) is 3.78. The summed E-state index contributed by atoms with van der Waals surface area (Å²) in [4.78, 5) is 8.73. The Labute approximate surface area is 154 Å². The Morgan fingerprint density at radius 2 is 1.81 bits per heavy atom. The minimum Gasteiger partial charge on any atom is -0.370 e. The second kappa shape index (κ2) is 7.87. The average molecular weight is 347 g/mol. The van der Waals surface area contributed by atoms with Crippen LogP contribution < -0.4 is 11.1 Å². The third kappa shape index (κ3) is 4.72. The van der Waals surface area contributed by atoms with E-state index in [1.165, 1.54) is 16.7 Å². The van der Waals surface area contributed by atoms with Crippen molar-refractivity contribution < 1.29 is 0 Å². The topological polar surface area (TPSA) is 68.2 Å². The van der Waals surface area contributed by atoms with E-state index in [0.29, 0.717) is 12.5 Å². The van der Waals surface area contributed by atoms with E-state index in [-0.39, 0.29) is 0 Å². The summed E-state index contributed by atoms with van der Waals surface area (Å²) in [5, 5.41) is 3.17. The summed E-state index contributed by atoms with van der Waals surface area (Å²) < 4.78 is 2.12. The lowest BCUT2D eigenvalue weighted by molar-refractivity contribution is 0.760. The maximum Gasteiger partial charge on any atom is 0.193 e. The van der Waals surface area contributed by atoms with Crippen LogP contribution in [0.2, 0.25) is 0 Å². The van der Waals surface area contributed by atoms with Crippen molar-refractivity contribution in [2.45, 2.75) is 33.9 Å². The van der Waals surface area contributed by atoms with E-state index in [0.717, 1.165) is 23.6 Å². The second-order valence-electron chi connectivity index (χ2n) is 6.63. The molecule has 0 aliphatic rings. The number of anilines is 1. The molecule has 0 saturated heterocycles. The molecular formula is C21H25N5. The summed E-state index contributed by atoms with van der Waals surface area (Å²) in [5.74, 6) is 1.43. The molecule has 0 spiro atoms. The fourth-order valence-corrected chi connectivity index (χ4v) is 3.00. The predicted molar refractivity (Wildman–Crippen MR) is 107 cm³/mol. The molecule has 0 bridgehead atoms. The molecule has 2 aromatic carbocycles. The quantitative estimate of drug-likeness (QED) is 0.545. The number of aryl methyl sites for hydroxylation is 3. The van der Waals surface area contributed by atoms with Crippen LogP contribution in [0.1, 0.15) is 28.1 Å². The summed E-state index contributed by atoms with van der Waals surface area (Å²) in [6.07, 6.45) is 3.81. The normalized spacial score (nSPS) is 11.6. The number of nitrogens with one attached hydrogen (secondary N) is 1. The highest BCUT2D eigenvalue weighted by Crippen LogP contribution is 2.14. The zero-order chi connectivity index (χ0) is 18.5. The summed E-state index contributed by atoms with van der Waals surface area (Å²) in [7, 11) is 0. The number of aliphatic imine (C=N–C) groups is 1. The fourth-order valence-electron chi connectivity index (χ4n) is 3.00. The van der Waals surface area contributed by atoms with Crippen LogP contribution >= 0.6 is 0 Å². The molecule has 3 rings (SSSR count). The Morgan fingerprint density at radius 3 is 2.50 bits per heavy atom. The van der Waals surface area contributed by atoms with Crippen LogP contribution in [0.5, 0.6) is 0 Å². The number of hydrogen-bond acceptors (Lipinski definition) is 2. The van der Waals surface area contributed by atoms with Crippen molar-refractivity contribution in [3.8, 4) is 0 Å². The zero-order valence-corrected chi connectivity index (χ0v) is 15.5. The number of rotatable bonds is 5. The molecule has 0 fully saturated rings. The first-order chi connectivity index (χ1) is 12.5. The molecule has 0 saturated carbocycles. The lowest BCUT2D eigenvalue weighted by Gasteiger charge is -2.09. The van der Waals surface area contributed by atoms with Gasteiger partial charge in [-0.15, -0.1) is 0 Å².